The maximum Gasteiger partial charge on any atom is 0.0713 e. The van der Waals surface area contributed by atoms with Gasteiger partial charge in [-0.1, -0.05) is 177 Å². The Hall–Kier alpha value is -2.50. The van der Waals surface area contributed by atoms with E-state index in [-0.39, 0.29) is 0 Å². The van der Waals surface area contributed by atoms with Gasteiger partial charge in [0.05, 0.1) is 13.2 Å². The highest BCUT2D eigenvalue weighted by molar-refractivity contribution is 7.98. The predicted octanol–water partition coefficient (Wildman–Crippen LogP) is 13.0. The average Bonchev–Trinajstić information content (AvgIpc) is 3.16. The lowest BCUT2D eigenvalue weighted by Crippen LogP contribution is -1.92. The zero-order chi connectivity index (χ0) is 35.5. The third-order valence-corrected chi connectivity index (χ3v) is 6.42. The second-order valence-electron chi connectivity index (χ2n) is 8.29. The Kier molecular flexibility index (Phi) is 51.4. The highest BCUT2D eigenvalue weighted by atomic mass is 32.2. The molecule has 0 saturated heterocycles. The lowest BCUT2D eigenvalue weighted by Gasteiger charge is -1.97. The van der Waals surface area contributed by atoms with Crippen molar-refractivity contribution < 1.29 is 9.47 Å². The molecule has 260 valence electrons. The van der Waals surface area contributed by atoms with Crippen molar-refractivity contribution >= 4 is 23.5 Å². The van der Waals surface area contributed by atoms with Crippen molar-refractivity contribution in [2.45, 2.75) is 80.6 Å². The Morgan fingerprint density at radius 3 is 1.09 bits per heavy atom. The van der Waals surface area contributed by atoms with Gasteiger partial charge in [0.2, 0.25) is 0 Å². The Bertz CT molecular complexity index is 914. The van der Waals surface area contributed by atoms with Crippen LogP contribution in [0.5, 0.6) is 0 Å². The van der Waals surface area contributed by atoms with E-state index in [1.807, 2.05) is 134 Å². The van der Waals surface area contributed by atoms with Crippen molar-refractivity contribution in [3.63, 3.8) is 0 Å². The normalized spacial score (nSPS) is 8.43. The van der Waals surface area contributed by atoms with Gasteiger partial charge in [0.25, 0.3) is 0 Å². The summed E-state index contributed by atoms with van der Waals surface area (Å²) in [5.74, 6) is 2.35. The van der Waals surface area contributed by atoms with Gasteiger partial charge in [-0.3, -0.25) is 0 Å². The van der Waals surface area contributed by atoms with Crippen molar-refractivity contribution in [3.05, 3.63) is 144 Å². The first-order chi connectivity index (χ1) is 22.7. The first kappa shape index (κ1) is 50.4. The molecule has 0 radical (unpaired) electrons. The molecule has 46 heavy (non-hydrogen) atoms. The molecule has 0 heterocycles. The molecule has 0 aliphatic rings. The van der Waals surface area contributed by atoms with Crippen molar-refractivity contribution in [1.82, 2.24) is 0 Å². The van der Waals surface area contributed by atoms with Gasteiger partial charge in [0, 0.05) is 20.0 Å². The molecule has 0 fully saturated rings. The van der Waals surface area contributed by atoms with Gasteiger partial charge >= 0.3 is 0 Å². The van der Waals surface area contributed by atoms with E-state index in [0.29, 0.717) is 6.61 Å². The summed E-state index contributed by atoms with van der Waals surface area (Å²) in [4.78, 5) is 0. The third-order valence-electron chi connectivity index (χ3n) is 5.18. The molecule has 0 saturated carbocycles. The average molecular weight is 669 g/mol. The lowest BCUT2D eigenvalue weighted by atomic mass is 10.2. The number of benzene rings is 4. The van der Waals surface area contributed by atoms with E-state index in [1.54, 1.807) is 14.2 Å². The summed E-state index contributed by atoms with van der Waals surface area (Å²) in [6.07, 6.45) is 6.47. The second-order valence-corrected chi connectivity index (χ2v) is 10.1. The van der Waals surface area contributed by atoms with Gasteiger partial charge in [0.15, 0.2) is 0 Å². The molecular formula is C42H68O2S2. The van der Waals surface area contributed by atoms with Gasteiger partial charge in [-0.2, -0.15) is 23.5 Å². The number of hydrogen-bond donors (Lipinski definition) is 0. The molecular weight excluding hydrogens is 601 g/mol. The maximum atomic E-state index is 4.95. The van der Waals surface area contributed by atoms with E-state index in [1.165, 1.54) is 34.4 Å². The van der Waals surface area contributed by atoms with E-state index in [4.69, 9.17) is 9.47 Å². The molecule has 0 bridgehead atoms. The van der Waals surface area contributed by atoms with E-state index in [9.17, 15) is 0 Å². The topological polar surface area (TPSA) is 18.5 Å². The third kappa shape index (κ3) is 36.0. The Balaban J connectivity index is -0.000000238. The largest absolute Gasteiger partial charge is 0.384 e. The van der Waals surface area contributed by atoms with E-state index >= 15 is 0 Å². The molecule has 4 heteroatoms. The van der Waals surface area contributed by atoms with Gasteiger partial charge in [-0.05, 0) is 53.4 Å². The van der Waals surface area contributed by atoms with E-state index in [0.717, 1.165) is 18.8 Å². The molecule has 4 rings (SSSR count). The minimum Gasteiger partial charge on any atom is -0.384 e. The Labute approximate surface area is 295 Å². The van der Waals surface area contributed by atoms with Crippen LogP contribution in [0.1, 0.15) is 77.6 Å². The number of thioether (sulfide) groups is 2. The molecule has 0 amide bonds. The predicted molar refractivity (Wildman–Crippen MR) is 217 cm³/mol. The highest BCUT2D eigenvalue weighted by Crippen LogP contribution is 2.07. The Morgan fingerprint density at radius 1 is 0.413 bits per heavy atom. The van der Waals surface area contributed by atoms with Crippen molar-refractivity contribution in [2.75, 3.05) is 39.1 Å². The smallest absolute Gasteiger partial charge is 0.0713 e. The number of rotatable bonds is 10. The highest BCUT2D eigenvalue weighted by Gasteiger charge is 1.89. The van der Waals surface area contributed by atoms with Gasteiger partial charge in [-0.25, -0.2) is 0 Å². The van der Waals surface area contributed by atoms with Crippen molar-refractivity contribution in [2.24, 2.45) is 0 Å². The standard InChI is InChI=1S/C9H12O.C9H12S.C8H10O.C8H10S.4C2H6/c2*1-10-8-7-9-5-3-2-4-6-9;2*1-9-7-8-5-3-2-4-6-8;4*1-2/h2*2-6H,7-8H2,1H3;2*2-6H,7H2,1H3;4*1-2H3. The van der Waals surface area contributed by atoms with Crippen LogP contribution < -0.4 is 0 Å². The van der Waals surface area contributed by atoms with Crippen LogP contribution in [0.25, 0.3) is 0 Å². The minimum atomic E-state index is 0.709. The van der Waals surface area contributed by atoms with Crippen LogP contribution in [0.2, 0.25) is 0 Å². The van der Waals surface area contributed by atoms with Crippen LogP contribution >= 0.6 is 23.5 Å². The number of methoxy groups -OCH3 is 2. The maximum absolute atomic E-state index is 4.95. The molecule has 0 aliphatic carbocycles. The monoisotopic (exact) mass is 668 g/mol. The molecule has 0 aromatic heterocycles. The first-order valence-electron chi connectivity index (χ1n) is 16.8. The summed E-state index contributed by atoms with van der Waals surface area (Å²) in [7, 11) is 3.43. The quantitative estimate of drug-likeness (QED) is 0.167. The second kappa shape index (κ2) is 46.9. The van der Waals surface area contributed by atoms with Crippen LogP contribution in [0.3, 0.4) is 0 Å². The molecule has 0 N–H and O–H groups in total. The SMILES string of the molecule is CC.CC.CC.CC.COCCc1ccccc1.COCc1ccccc1.CSCCc1ccccc1.CSCc1ccccc1. The van der Waals surface area contributed by atoms with Crippen molar-refractivity contribution in [3.8, 4) is 0 Å². The number of aryl methyl sites for hydroxylation is 1. The lowest BCUT2D eigenvalue weighted by molar-refractivity contribution is 0.185. The molecule has 0 aliphatic heterocycles. The zero-order valence-corrected chi connectivity index (χ0v) is 33.1. The first-order valence-corrected chi connectivity index (χ1v) is 19.6. The van der Waals surface area contributed by atoms with Crippen LogP contribution in [-0.4, -0.2) is 39.1 Å². The summed E-state index contributed by atoms with van der Waals surface area (Å²) < 4.78 is 9.87. The molecule has 4 aromatic rings. The fourth-order valence-corrected chi connectivity index (χ4v) is 4.18. The summed E-state index contributed by atoms with van der Waals surface area (Å²) >= 11 is 3.75. The molecule has 2 nitrogen and oxygen atoms in total. The summed E-state index contributed by atoms with van der Waals surface area (Å²) in [5, 5.41) is 0. The summed E-state index contributed by atoms with van der Waals surface area (Å²) in [6, 6.07) is 41.5. The Morgan fingerprint density at radius 2 is 0.761 bits per heavy atom. The molecule has 4 aromatic carbocycles. The van der Waals surface area contributed by atoms with Crippen LogP contribution in [-0.2, 0) is 34.7 Å². The van der Waals surface area contributed by atoms with Crippen molar-refractivity contribution in [1.29, 1.82) is 0 Å². The van der Waals surface area contributed by atoms with Gasteiger partial charge < -0.3 is 9.47 Å². The van der Waals surface area contributed by atoms with Crippen LogP contribution in [0.15, 0.2) is 121 Å². The summed E-state index contributed by atoms with van der Waals surface area (Å²) in [5.41, 5.74) is 5.41. The van der Waals surface area contributed by atoms with Crippen LogP contribution in [0, 0.1) is 0 Å². The molecule has 0 spiro atoms. The molecule has 0 unspecified atom stereocenters. The fraction of sp³-hybridized carbons (Fsp3) is 0.429. The van der Waals surface area contributed by atoms with Gasteiger partial charge in [-0.15, -0.1) is 0 Å². The summed E-state index contributed by atoms with van der Waals surface area (Å²) in [6.45, 7) is 17.5. The molecule has 0 atom stereocenters. The minimum absolute atomic E-state index is 0.709. The fourth-order valence-electron chi connectivity index (χ4n) is 3.21. The number of hydrogen-bond acceptors (Lipinski definition) is 4. The van der Waals surface area contributed by atoms with E-state index < -0.39 is 0 Å². The van der Waals surface area contributed by atoms with E-state index in [2.05, 4.69) is 79.2 Å². The zero-order valence-electron chi connectivity index (χ0n) is 31.4. The van der Waals surface area contributed by atoms with Crippen LogP contribution in [0.4, 0.5) is 0 Å². The van der Waals surface area contributed by atoms with Gasteiger partial charge in [0.1, 0.15) is 0 Å². The number of ether oxygens (including phenoxy) is 2.